The van der Waals surface area contributed by atoms with Crippen LogP contribution in [0.2, 0.25) is 0 Å². The zero-order valence-corrected chi connectivity index (χ0v) is 20.9. The molecule has 0 saturated carbocycles. The topological polar surface area (TPSA) is 61.3 Å². The predicted molar refractivity (Wildman–Crippen MR) is 134 cm³/mol. The smallest absolute Gasteiger partial charge is 0.353 e. The minimum absolute atomic E-state index is 0.0511. The lowest BCUT2D eigenvalue weighted by Crippen LogP contribution is -2.48. The number of hydrogen-bond acceptors (Lipinski definition) is 8. The number of rotatable bonds is 7. The number of nitrogens with zero attached hydrogens (tertiary/aromatic N) is 7. The fraction of sp³-hybridized carbons (Fsp3) is 0.391. The summed E-state index contributed by atoms with van der Waals surface area (Å²) in [6, 6.07) is 10.5. The van der Waals surface area contributed by atoms with E-state index in [-0.39, 0.29) is 11.8 Å². The number of alkyl halides is 4. The molecule has 1 fully saturated rings. The maximum Gasteiger partial charge on any atom is 0.419 e. The van der Waals surface area contributed by atoms with Crippen LogP contribution in [-0.2, 0) is 6.18 Å². The van der Waals surface area contributed by atoms with Gasteiger partial charge in [-0.3, -0.25) is 0 Å². The summed E-state index contributed by atoms with van der Waals surface area (Å²) in [5, 5.41) is 0. The Morgan fingerprint density at radius 3 is 2.43 bits per heavy atom. The van der Waals surface area contributed by atoms with Gasteiger partial charge in [0.25, 0.3) is 0 Å². The third-order valence-corrected chi connectivity index (χ3v) is 6.72. The zero-order valence-electron chi connectivity index (χ0n) is 19.3. The first-order chi connectivity index (χ1) is 16.8. The lowest BCUT2D eigenvalue weighted by atomic mass is 10.2. The molecule has 1 aliphatic rings. The Labute approximate surface area is 211 Å². The molecule has 1 aromatic carbocycles. The number of benzene rings is 1. The summed E-state index contributed by atoms with van der Waals surface area (Å²) < 4.78 is 40.4. The second kappa shape index (κ2) is 10.9. The van der Waals surface area contributed by atoms with Crippen LogP contribution in [-0.4, -0.2) is 64.9 Å². The average Bonchev–Trinajstić information content (AvgIpc) is 2.89. The second-order valence-electron chi connectivity index (χ2n) is 7.81. The summed E-state index contributed by atoms with van der Waals surface area (Å²) in [7, 11) is 0. The molecule has 0 amide bonds. The van der Waals surface area contributed by atoms with Crippen molar-refractivity contribution in [3.63, 3.8) is 0 Å². The van der Waals surface area contributed by atoms with Gasteiger partial charge in [0.1, 0.15) is 5.82 Å². The normalized spacial score (nSPS) is 14.3. The van der Waals surface area contributed by atoms with Crippen LogP contribution < -0.4 is 14.7 Å². The molecule has 0 N–H and O–H groups in total. The maximum absolute atomic E-state index is 13.5. The Morgan fingerprint density at radius 2 is 1.77 bits per heavy atom. The van der Waals surface area contributed by atoms with Crippen molar-refractivity contribution in [3.05, 3.63) is 48.2 Å². The van der Waals surface area contributed by atoms with Gasteiger partial charge >= 0.3 is 6.18 Å². The van der Waals surface area contributed by atoms with Crippen LogP contribution in [0.5, 0.6) is 0 Å². The lowest BCUT2D eigenvalue weighted by Gasteiger charge is -2.36. The minimum atomic E-state index is -4.46. The number of halogens is 4. The number of thioether (sulfide) groups is 1. The molecule has 1 aliphatic heterocycles. The SMILES string of the molecule is CCN(CCl)c1nc(-c2cccc(SC)c2)nc(N2CCN(c3ncccc3C(F)(F)F)CC2)n1. The Balaban J connectivity index is 1.62. The third-order valence-electron chi connectivity index (χ3n) is 5.70. The van der Waals surface area contributed by atoms with E-state index in [0.29, 0.717) is 50.4 Å². The summed E-state index contributed by atoms with van der Waals surface area (Å²) in [6.07, 6.45) is -1.08. The molecular formula is C23H25ClF3N7S. The number of hydrogen-bond donors (Lipinski definition) is 0. The molecule has 1 saturated heterocycles. The average molecular weight is 524 g/mol. The van der Waals surface area contributed by atoms with Crippen LogP contribution in [0.1, 0.15) is 12.5 Å². The fourth-order valence-electron chi connectivity index (χ4n) is 3.80. The van der Waals surface area contributed by atoms with Crippen LogP contribution in [0.15, 0.2) is 47.5 Å². The van der Waals surface area contributed by atoms with Crippen LogP contribution in [0.25, 0.3) is 11.4 Å². The highest BCUT2D eigenvalue weighted by Gasteiger charge is 2.36. The van der Waals surface area contributed by atoms with Crippen molar-refractivity contribution < 1.29 is 13.2 Å². The molecule has 0 aliphatic carbocycles. The van der Waals surface area contributed by atoms with Gasteiger partial charge in [0, 0.05) is 49.4 Å². The summed E-state index contributed by atoms with van der Waals surface area (Å²) in [5.74, 6) is 1.41. The van der Waals surface area contributed by atoms with E-state index in [2.05, 4.69) is 15.0 Å². The molecule has 0 bridgehead atoms. The monoisotopic (exact) mass is 523 g/mol. The lowest BCUT2D eigenvalue weighted by molar-refractivity contribution is -0.137. The van der Waals surface area contributed by atoms with E-state index in [4.69, 9.17) is 16.6 Å². The van der Waals surface area contributed by atoms with Gasteiger partial charge < -0.3 is 14.7 Å². The number of piperazine rings is 1. The first kappa shape index (κ1) is 25.3. The van der Waals surface area contributed by atoms with E-state index in [0.717, 1.165) is 16.5 Å². The highest BCUT2D eigenvalue weighted by atomic mass is 35.5. The first-order valence-electron chi connectivity index (χ1n) is 11.1. The van der Waals surface area contributed by atoms with E-state index in [9.17, 15) is 13.2 Å². The molecule has 4 rings (SSSR count). The van der Waals surface area contributed by atoms with Crippen molar-refractivity contribution in [3.8, 4) is 11.4 Å². The van der Waals surface area contributed by atoms with Gasteiger partial charge in [0.05, 0.1) is 11.6 Å². The van der Waals surface area contributed by atoms with Gasteiger partial charge in [-0.1, -0.05) is 12.1 Å². The molecule has 186 valence electrons. The molecule has 3 aromatic rings. The van der Waals surface area contributed by atoms with Gasteiger partial charge in [0.15, 0.2) is 5.82 Å². The van der Waals surface area contributed by atoms with Gasteiger partial charge in [0.2, 0.25) is 11.9 Å². The molecule has 2 aromatic heterocycles. The number of aromatic nitrogens is 4. The van der Waals surface area contributed by atoms with Gasteiger partial charge in [-0.05, 0) is 37.4 Å². The Kier molecular flexibility index (Phi) is 7.85. The summed E-state index contributed by atoms with van der Waals surface area (Å²) in [6.45, 7) is 4.16. The van der Waals surface area contributed by atoms with Crippen molar-refractivity contribution in [2.24, 2.45) is 0 Å². The number of pyridine rings is 1. The standard InChI is InChI=1S/C23H25ClF3N7S/c1-3-32(15-24)21-29-19(16-6-4-7-17(14-16)35-2)30-22(31-21)34-12-10-33(11-13-34)20-18(23(25,26)27)8-5-9-28-20/h4-9,14H,3,10-13,15H2,1-2H3. The summed E-state index contributed by atoms with van der Waals surface area (Å²) >= 11 is 7.75. The fourth-order valence-corrected chi connectivity index (χ4v) is 4.53. The van der Waals surface area contributed by atoms with E-state index >= 15 is 0 Å². The molecule has 0 atom stereocenters. The molecule has 0 spiro atoms. The third kappa shape index (κ3) is 5.72. The Morgan fingerprint density at radius 1 is 1.03 bits per heavy atom. The zero-order chi connectivity index (χ0) is 25.0. The minimum Gasteiger partial charge on any atom is -0.353 e. The Bertz CT molecular complexity index is 1150. The quantitative estimate of drug-likeness (QED) is 0.243. The number of anilines is 3. The largest absolute Gasteiger partial charge is 0.419 e. The maximum atomic E-state index is 13.5. The van der Waals surface area contributed by atoms with Crippen molar-refractivity contribution in [2.45, 2.75) is 18.0 Å². The van der Waals surface area contributed by atoms with E-state index in [1.165, 1.54) is 12.3 Å². The van der Waals surface area contributed by atoms with Gasteiger partial charge in [-0.25, -0.2) is 4.98 Å². The first-order valence-corrected chi connectivity index (χ1v) is 12.8. The molecule has 35 heavy (non-hydrogen) atoms. The second-order valence-corrected chi connectivity index (χ2v) is 8.93. The predicted octanol–water partition coefficient (Wildman–Crippen LogP) is 5.02. The van der Waals surface area contributed by atoms with Gasteiger partial charge in [-0.15, -0.1) is 23.4 Å². The van der Waals surface area contributed by atoms with Crippen LogP contribution in [0.4, 0.5) is 30.9 Å². The van der Waals surface area contributed by atoms with Crippen LogP contribution in [0.3, 0.4) is 0 Å². The molecule has 7 nitrogen and oxygen atoms in total. The molecule has 3 heterocycles. The van der Waals surface area contributed by atoms with Crippen LogP contribution in [0, 0.1) is 0 Å². The van der Waals surface area contributed by atoms with E-state index < -0.39 is 11.7 Å². The highest BCUT2D eigenvalue weighted by molar-refractivity contribution is 7.98. The van der Waals surface area contributed by atoms with Crippen molar-refractivity contribution in [1.82, 2.24) is 19.9 Å². The van der Waals surface area contributed by atoms with E-state index in [1.54, 1.807) is 16.7 Å². The van der Waals surface area contributed by atoms with Crippen molar-refractivity contribution in [1.29, 1.82) is 0 Å². The van der Waals surface area contributed by atoms with Gasteiger partial charge in [-0.2, -0.15) is 28.1 Å². The molecule has 12 heteroatoms. The molecule has 0 radical (unpaired) electrons. The van der Waals surface area contributed by atoms with E-state index in [1.807, 2.05) is 47.2 Å². The summed E-state index contributed by atoms with van der Waals surface area (Å²) in [4.78, 5) is 24.6. The summed E-state index contributed by atoms with van der Waals surface area (Å²) in [5.41, 5.74) is 0.127. The molecular weight excluding hydrogens is 499 g/mol. The highest BCUT2D eigenvalue weighted by Crippen LogP contribution is 2.35. The Hall–Kier alpha value is -2.79. The van der Waals surface area contributed by atoms with Crippen LogP contribution >= 0.6 is 23.4 Å². The molecule has 0 unspecified atom stereocenters. The van der Waals surface area contributed by atoms with Crippen molar-refractivity contribution >= 4 is 41.1 Å². The van der Waals surface area contributed by atoms with Crippen molar-refractivity contribution in [2.75, 3.05) is 59.7 Å².